The number of hydrogen-bond acceptors (Lipinski definition) is 7. The van der Waals surface area contributed by atoms with Crippen LogP contribution in [-0.4, -0.2) is 75.9 Å². The zero-order chi connectivity index (χ0) is 32.0. The van der Waals surface area contributed by atoms with Gasteiger partial charge in [-0.05, 0) is 62.4 Å². The second kappa shape index (κ2) is 10.8. The van der Waals surface area contributed by atoms with E-state index in [1.807, 2.05) is 6.07 Å². The molecule has 4 saturated heterocycles. The number of fused-ring (bicyclic) bond motifs is 7. The van der Waals surface area contributed by atoms with Crippen LogP contribution in [-0.2, 0) is 0 Å². The molecule has 1 N–H and O–H groups in total. The van der Waals surface area contributed by atoms with Crippen molar-refractivity contribution in [2.45, 2.75) is 87.6 Å². The second-order valence-electron chi connectivity index (χ2n) is 14.3. The van der Waals surface area contributed by atoms with Crippen LogP contribution in [0.5, 0.6) is 6.01 Å². The first-order chi connectivity index (χ1) is 22.8. The number of nitrogens with zero attached hydrogens (tertiary/aromatic N) is 5. The summed E-state index contributed by atoms with van der Waals surface area (Å²) in [5.41, 5.74) is 1.02. The Kier molecular flexibility index (Phi) is 6.71. The number of anilines is 1. The van der Waals surface area contributed by atoms with Crippen LogP contribution in [0.15, 0.2) is 30.3 Å². The highest BCUT2D eigenvalue weighted by molar-refractivity contribution is 6.03. The van der Waals surface area contributed by atoms with Gasteiger partial charge in [0.1, 0.15) is 35.6 Å². The molecule has 0 radical (unpaired) electrons. The number of pyridine rings is 1. The van der Waals surface area contributed by atoms with Crippen molar-refractivity contribution < 1.29 is 17.9 Å². The number of hydrogen-bond donors (Lipinski definition) is 1. The fourth-order valence-electron chi connectivity index (χ4n) is 9.35. The Morgan fingerprint density at radius 1 is 1.06 bits per heavy atom. The molecule has 6 atom stereocenters. The van der Waals surface area contributed by atoms with Gasteiger partial charge < -0.3 is 15.0 Å². The van der Waals surface area contributed by atoms with Gasteiger partial charge in [0.25, 0.3) is 0 Å². The Morgan fingerprint density at radius 3 is 2.83 bits per heavy atom. The minimum Gasteiger partial charge on any atom is -0.461 e. The van der Waals surface area contributed by atoms with Gasteiger partial charge in [0.15, 0.2) is 5.82 Å². The maximum atomic E-state index is 17.2. The maximum absolute atomic E-state index is 17.2. The standard InChI is InChI=1S/C37H37F3N6O/c1-3-24-26(39)11-9-21-6-4-7-25(29(21)24)33-31(40)34-30-32(42-33)20(2)8-13-28-27-12-10-23(41-27)18-46(28)35(30)44-36(43-34)47-19-37-14-5-15-45(37)17-22(38)16-37/h1,4,6-7,9,11,20,22-23,27-28,41H,5,8,10,12-19H2,2H3/t20-,22+,23+,27-,28+,37-/m0/s1. The van der Waals surface area contributed by atoms with E-state index < -0.39 is 23.3 Å². The molecule has 0 unspecified atom stereocenters. The van der Waals surface area contributed by atoms with Crippen LogP contribution in [0.4, 0.5) is 19.0 Å². The van der Waals surface area contributed by atoms with E-state index in [1.165, 1.54) is 6.07 Å². The molecule has 7 heterocycles. The van der Waals surface area contributed by atoms with Crippen LogP contribution in [0.2, 0.25) is 0 Å². The van der Waals surface area contributed by atoms with Gasteiger partial charge in [-0.3, -0.25) is 4.90 Å². The van der Waals surface area contributed by atoms with Crippen LogP contribution >= 0.6 is 0 Å². The maximum Gasteiger partial charge on any atom is 0.319 e. The summed E-state index contributed by atoms with van der Waals surface area (Å²) < 4.78 is 53.2. The first-order valence-corrected chi connectivity index (χ1v) is 17.0. The number of terminal acetylenes is 1. The zero-order valence-electron chi connectivity index (χ0n) is 26.4. The number of rotatable bonds is 4. The Hall–Kier alpha value is -3.94. The van der Waals surface area contributed by atoms with E-state index in [2.05, 4.69) is 28.0 Å². The van der Waals surface area contributed by atoms with Crippen LogP contribution < -0.4 is 15.0 Å². The molecule has 4 fully saturated rings. The lowest BCUT2D eigenvalue weighted by Gasteiger charge is -2.44. The van der Waals surface area contributed by atoms with E-state index >= 15 is 8.78 Å². The van der Waals surface area contributed by atoms with Gasteiger partial charge in [0.05, 0.1) is 22.2 Å². The Morgan fingerprint density at radius 2 is 1.96 bits per heavy atom. The highest BCUT2D eigenvalue weighted by Gasteiger charge is 2.50. The summed E-state index contributed by atoms with van der Waals surface area (Å²) in [5, 5.41) is 5.54. The van der Waals surface area contributed by atoms with Crippen LogP contribution in [0.1, 0.15) is 69.0 Å². The smallest absolute Gasteiger partial charge is 0.319 e. The average molecular weight is 639 g/mol. The Labute approximate surface area is 271 Å². The van der Waals surface area contributed by atoms with Crippen LogP contribution in [0, 0.1) is 24.0 Å². The Bertz CT molecular complexity index is 1980. The number of nitrogens with one attached hydrogen (secondary N) is 1. The topological polar surface area (TPSA) is 66.4 Å². The second-order valence-corrected chi connectivity index (χ2v) is 14.3. The average Bonchev–Trinajstić information content (AvgIpc) is 3.74. The largest absolute Gasteiger partial charge is 0.461 e. The molecule has 10 heteroatoms. The highest BCUT2D eigenvalue weighted by Crippen LogP contribution is 2.45. The lowest BCUT2D eigenvalue weighted by molar-refractivity contribution is 0.107. The van der Waals surface area contributed by atoms with Crippen molar-refractivity contribution in [2.24, 2.45) is 0 Å². The fraction of sp³-hybridized carbons (Fsp3) is 0.486. The first kappa shape index (κ1) is 29.2. The van der Waals surface area contributed by atoms with Gasteiger partial charge in [-0.15, -0.1) is 6.42 Å². The van der Waals surface area contributed by atoms with E-state index in [0.717, 1.165) is 57.3 Å². The molecule has 0 spiro atoms. The molecular weight excluding hydrogens is 601 g/mol. The Balaban J connectivity index is 1.26. The van der Waals surface area contributed by atoms with Gasteiger partial charge in [0, 0.05) is 48.6 Å². The van der Waals surface area contributed by atoms with E-state index in [1.54, 1.807) is 18.2 Å². The third-order valence-electron chi connectivity index (χ3n) is 11.6. The fourth-order valence-corrected chi connectivity index (χ4v) is 9.35. The van der Waals surface area contributed by atoms with Crippen molar-refractivity contribution in [3.05, 3.63) is 53.2 Å². The molecule has 0 saturated carbocycles. The lowest BCUT2D eigenvalue weighted by Crippen LogP contribution is -2.58. The van der Waals surface area contributed by atoms with E-state index in [9.17, 15) is 4.39 Å². The van der Waals surface area contributed by atoms with Gasteiger partial charge in [-0.1, -0.05) is 37.1 Å². The van der Waals surface area contributed by atoms with E-state index in [0.29, 0.717) is 52.6 Å². The molecule has 4 aromatic rings. The predicted molar refractivity (Wildman–Crippen MR) is 175 cm³/mol. The van der Waals surface area contributed by atoms with E-state index in [-0.39, 0.29) is 41.4 Å². The zero-order valence-corrected chi connectivity index (χ0v) is 26.4. The number of piperazine rings is 1. The SMILES string of the molecule is C#Cc1c(F)ccc2cccc(-c3nc4c5c(nc(OC[C@@]67CCCN6C[C@H](F)C7)nc5c3F)N3C[C@H]5CC[C@H](N5)[C@H]3CC[C@@H]4C)c12. The number of ether oxygens (including phenoxy) is 1. The lowest BCUT2D eigenvalue weighted by atomic mass is 9.88. The molecule has 2 aromatic heterocycles. The molecule has 47 heavy (non-hydrogen) atoms. The van der Waals surface area contributed by atoms with Crippen molar-refractivity contribution in [3.63, 3.8) is 0 Å². The molecule has 242 valence electrons. The van der Waals surface area contributed by atoms with Crippen LogP contribution in [0.3, 0.4) is 0 Å². The number of aromatic nitrogens is 3. The summed E-state index contributed by atoms with van der Waals surface area (Å²) in [4.78, 5) is 19.4. The van der Waals surface area contributed by atoms with E-state index in [4.69, 9.17) is 26.1 Å². The minimum absolute atomic E-state index is 0.0167. The quantitative estimate of drug-likeness (QED) is 0.265. The van der Waals surface area contributed by atoms with Gasteiger partial charge in [-0.25, -0.2) is 18.2 Å². The van der Waals surface area contributed by atoms with Crippen molar-refractivity contribution >= 4 is 27.5 Å². The van der Waals surface area contributed by atoms with Crippen molar-refractivity contribution in [2.75, 3.05) is 31.1 Å². The first-order valence-electron chi connectivity index (χ1n) is 17.0. The van der Waals surface area contributed by atoms with Crippen molar-refractivity contribution in [1.82, 2.24) is 25.2 Å². The predicted octanol–water partition coefficient (Wildman–Crippen LogP) is 6.27. The van der Waals surface area contributed by atoms with Crippen molar-refractivity contribution in [1.29, 1.82) is 0 Å². The third kappa shape index (κ3) is 4.46. The third-order valence-corrected chi connectivity index (χ3v) is 11.6. The molecule has 2 aromatic carbocycles. The molecule has 5 aliphatic heterocycles. The van der Waals surface area contributed by atoms with Gasteiger partial charge >= 0.3 is 6.01 Å². The molecule has 2 bridgehead atoms. The summed E-state index contributed by atoms with van der Waals surface area (Å²) >= 11 is 0. The summed E-state index contributed by atoms with van der Waals surface area (Å²) in [6, 6.07) is 9.30. The van der Waals surface area contributed by atoms with Gasteiger partial charge in [-0.2, -0.15) is 9.97 Å². The normalized spacial score (nSPS) is 29.9. The molecular formula is C37H37F3N6O. The van der Waals surface area contributed by atoms with Gasteiger partial charge in [0.2, 0.25) is 0 Å². The summed E-state index contributed by atoms with van der Waals surface area (Å²) in [6.45, 7) is 4.37. The molecule has 7 nitrogen and oxygen atoms in total. The minimum atomic E-state index is -0.893. The number of halogens is 3. The number of alkyl halides is 1. The summed E-state index contributed by atoms with van der Waals surface area (Å²) in [7, 11) is 0. The molecule has 0 amide bonds. The number of benzene rings is 2. The van der Waals surface area contributed by atoms with Crippen LogP contribution in [0.25, 0.3) is 32.9 Å². The molecule has 0 aliphatic carbocycles. The summed E-state index contributed by atoms with van der Waals surface area (Å²) in [5.74, 6) is 1.96. The monoisotopic (exact) mass is 638 g/mol. The molecule has 5 aliphatic rings. The summed E-state index contributed by atoms with van der Waals surface area (Å²) in [6.07, 6.45) is 11.1. The highest BCUT2D eigenvalue weighted by atomic mass is 19.1. The van der Waals surface area contributed by atoms with Crippen molar-refractivity contribution in [3.8, 4) is 29.6 Å². The molecule has 9 rings (SSSR count).